The Balaban J connectivity index is 1.23. The first kappa shape index (κ1) is 24.3. The highest BCUT2D eigenvalue weighted by Crippen LogP contribution is 2.37. The van der Waals surface area contributed by atoms with E-state index < -0.39 is 0 Å². The summed E-state index contributed by atoms with van der Waals surface area (Å²) in [7, 11) is 0. The van der Waals surface area contributed by atoms with Gasteiger partial charge in [-0.05, 0) is 79.2 Å². The normalized spacial score (nSPS) is 20.6. The molecule has 10 heteroatoms. The fraction of sp³-hybridized carbons (Fsp3) is 0.448. The van der Waals surface area contributed by atoms with Crippen molar-refractivity contribution >= 4 is 10.9 Å². The number of nitrogens with zero attached hydrogens (tertiary/aromatic N) is 5. The Kier molecular flexibility index (Phi) is 6.49. The standard InChI is InChI=1S/C29H32N6O4/c36-29-23(14-21-15-25-26(39-18-38-25)16-24(21)30-29)27(28-31-32-33-35(28)17-22-7-4-12-37-22)34-10-8-20(9-11-34)13-19-5-2-1-3-6-19/h1-3,5-6,14-16,20,22,27H,4,7-13,17-18H2,(H,30,36). The molecule has 2 atom stereocenters. The van der Waals surface area contributed by atoms with Crippen LogP contribution >= 0.6 is 0 Å². The lowest BCUT2D eigenvalue weighted by atomic mass is 9.89. The summed E-state index contributed by atoms with van der Waals surface area (Å²) in [6, 6.07) is 16.0. The molecule has 7 rings (SSSR count). The lowest BCUT2D eigenvalue weighted by Gasteiger charge is -2.37. The molecule has 5 heterocycles. The minimum absolute atomic E-state index is 0.0825. The lowest BCUT2D eigenvalue weighted by molar-refractivity contribution is 0.0892. The molecule has 0 amide bonds. The minimum atomic E-state index is -0.377. The number of hydrogen-bond acceptors (Lipinski definition) is 8. The summed E-state index contributed by atoms with van der Waals surface area (Å²) in [5.41, 5.74) is 2.57. The quantitative estimate of drug-likeness (QED) is 0.389. The first-order chi connectivity index (χ1) is 19.2. The predicted octanol–water partition coefficient (Wildman–Crippen LogP) is 3.47. The first-order valence-corrected chi connectivity index (χ1v) is 13.8. The van der Waals surface area contributed by atoms with Crippen LogP contribution in [-0.4, -0.2) is 62.7 Å². The van der Waals surface area contributed by atoms with Gasteiger partial charge in [0, 0.05) is 23.6 Å². The Bertz CT molecular complexity index is 1510. The van der Waals surface area contributed by atoms with Crippen molar-refractivity contribution in [1.29, 1.82) is 0 Å². The van der Waals surface area contributed by atoms with E-state index in [2.05, 4.69) is 55.7 Å². The van der Waals surface area contributed by atoms with Gasteiger partial charge in [0.1, 0.15) is 6.04 Å². The van der Waals surface area contributed by atoms with E-state index in [1.807, 2.05) is 22.9 Å². The van der Waals surface area contributed by atoms with Crippen molar-refractivity contribution in [2.75, 3.05) is 26.5 Å². The smallest absolute Gasteiger partial charge is 0.253 e. The number of likely N-dealkylation sites (tertiary alicyclic amines) is 1. The van der Waals surface area contributed by atoms with Crippen LogP contribution in [0, 0.1) is 5.92 Å². The number of rotatable bonds is 7. The van der Waals surface area contributed by atoms with Crippen molar-refractivity contribution in [3.63, 3.8) is 0 Å². The molecule has 0 aliphatic carbocycles. The number of hydrogen-bond donors (Lipinski definition) is 1. The summed E-state index contributed by atoms with van der Waals surface area (Å²) in [6.07, 6.45) is 5.27. The van der Waals surface area contributed by atoms with Gasteiger partial charge in [0.05, 0.1) is 18.2 Å². The van der Waals surface area contributed by atoms with Gasteiger partial charge in [-0.1, -0.05) is 30.3 Å². The van der Waals surface area contributed by atoms with Crippen LogP contribution in [-0.2, 0) is 17.7 Å². The van der Waals surface area contributed by atoms with E-state index >= 15 is 0 Å². The van der Waals surface area contributed by atoms with Crippen LogP contribution in [0.4, 0.5) is 0 Å². The Hall–Kier alpha value is -3.76. The Morgan fingerprint density at radius 1 is 1.03 bits per heavy atom. The van der Waals surface area contributed by atoms with Crippen LogP contribution in [0.3, 0.4) is 0 Å². The maximum Gasteiger partial charge on any atom is 0.253 e. The molecular formula is C29H32N6O4. The van der Waals surface area contributed by atoms with Gasteiger partial charge in [0.25, 0.3) is 5.56 Å². The van der Waals surface area contributed by atoms with E-state index in [1.165, 1.54) is 5.56 Å². The van der Waals surface area contributed by atoms with Crippen LogP contribution < -0.4 is 15.0 Å². The molecule has 2 aromatic carbocycles. The molecule has 4 aromatic rings. The molecule has 1 N–H and O–H groups in total. The van der Waals surface area contributed by atoms with E-state index in [-0.39, 0.29) is 24.5 Å². The van der Waals surface area contributed by atoms with Gasteiger partial charge in [0.15, 0.2) is 17.3 Å². The monoisotopic (exact) mass is 528 g/mol. The van der Waals surface area contributed by atoms with Gasteiger partial charge in [-0.25, -0.2) is 4.68 Å². The number of H-pyrrole nitrogens is 1. The van der Waals surface area contributed by atoms with Crippen molar-refractivity contribution < 1.29 is 14.2 Å². The molecule has 2 unspecified atom stereocenters. The summed E-state index contributed by atoms with van der Waals surface area (Å²) in [5.74, 6) is 2.60. The molecule has 10 nitrogen and oxygen atoms in total. The highest BCUT2D eigenvalue weighted by atomic mass is 16.7. The van der Waals surface area contributed by atoms with Crippen molar-refractivity contribution in [3.8, 4) is 11.5 Å². The molecule has 39 heavy (non-hydrogen) atoms. The second-order valence-corrected chi connectivity index (χ2v) is 10.8. The zero-order chi connectivity index (χ0) is 26.2. The zero-order valence-electron chi connectivity index (χ0n) is 21.8. The highest BCUT2D eigenvalue weighted by molar-refractivity contribution is 5.83. The predicted molar refractivity (Wildman–Crippen MR) is 144 cm³/mol. The topological polar surface area (TPSA) is 107 Å². The Morgan fingerprint density at radius 3 is 2.64 bits per heavy atom. The average Bonchev–Trinajstić information content (AvgIpc) is 3.73. The number of ether oxygens (including phenoxy) is 3. The van der Waals surface area contributed by atoms with Crippen LogP contribution in [0.5, 0.6) is 11.5 Å². The van der Waals surface area contributed by atoms with Gasteiger partial charge in [-0.3, -0.25) is 9.69 Å². The van der Waals surface area contributed by atoms with Crippen molar-refractivity contribution in [1.82, 2.24) is 30.1 Å². The van der Waals surface area contributed by atoms with Gasteiger partial charge in [-0.15, -0.1) is 5.10 Å². The number of benzene rings is 2. The lowest BCUT2D eigenvalue weighted by Crippen LogP contribution is -2.41. The Labute approximate surface area is 225 Å². The van der Waals surface area contributed by atoms with E-state index in [9.17, 15) is 4.79 Å². The number of piperidine rings is 1. The SMILES string of the molecule is O=c1[nH]c2cc3c(cc2cc1C(c1nnnn1CC1CCCO1)N1CCC(Cc2ccccc2)CC1)OCO3. The molecule has 0 radical (unpaired) electrons. The summed E-state index contributed by atoms with van der Waals surface area (Å²) < 4.78 is 18.8. The molecule has 202 valence electrons. The zero-order valence-corrected chi connectivity index (χ0v) is 21.8. The number of aromatic amines is 1. The molecule has 0 bridgehead atoms. The van der Waals surface area contributed by atoms with Gasteiger partial charge >= 0.3 is 0 Å². The molecular weight excluding hydrogens is 496 g/mol. The number of tetrazole rings is 1. The van der Waals surface area contributed by atoms with Crippen LogP contribution in [0.25, 0.3) is 10.9 Å². The third-order valence-electron chi connectivity index (χ3n) is 8.25. The number of aromatic nitrogens is 5. The second-order valence-electron chi connectivity index (χ2n) is 10.8. The number of pyridine rings is 1. The third kappa shape index (κ3) is 4.90. The third-order valence-corrected chi connectivity index (χ3v) is 8.25. The maximum atomic E-state index is 13.6. The van der Waals surface area contributed by atoms with Crippen molar-refractivity contribution in [3.05, 3.63) is 75.8 Å². The van der Waals surface area contributed by atoms with Gasteiger partial charge in [-0.2, -0.15) is 0 Å². The molecule has 2 fully saturated rings. The van der Waals surface area contributed by atoms with Gasteiger partial charge < -0.3 is 19.2 Å². The van der Waals surface area contributed by atoms with E-state index in [0.29, 0.717) is 40.9 Å². The molecule has 2 saturated heterocycles. The summed E-state index contributed by atoms with van der Waals surface area (Å²) in [5, 5.41) is 13.7. The number of nitrogens with one attached hydrogen (secondary N) is 1. The fourth-order valence-electron chi connectivity index (χ4n) is 6.20. The Morgan fingerprint density at radius 2 is 1.85 bits per heavy atom. The molecule has 0 saturated carbocycles. The largest absolute Gasteiger partial charge is 0.454 e. The highest BCUT2D eigenvalue weighted by Gasteiger charge is 2.34. The second kappa shape index (κ2) is 10.4. The average molecular weight is 529 g/mol. The number of fused-ring (bicyclic) bond motifs is 2. The summed E-state index contributed by atoms with van der Waals surface area (Å²) in [6.45, 7) is 3.23. The van der Waals surface area contributed by atoms with Crippen molar-refractivity contribution in [2.45, 2.75) is 50.8 Å². The fourth-order valence-corrected chi connectivity index (χ4v) is 6.20. The minimum Gasteiger partial charge on any atom is -0.454 e. The van der Waals surface area contributed by atoms with Gasteiger partial charge in [0.2, 0.25) is 6.79 Å². The summed E-state index contributed by atoms with van der Waals surface area (Å²) >= 11 is 0. The van der Waals surface area contributed by atoms with Crippen LogP contribution in [0.1, 0.15) is 48.7 Å². The van der Waals surface area contributed by atoms with Crippen LogP contribution in [0.2, 0.25) is 0 Å². The maximum absolute atomic E-state index is 13.6. The summed E-state index contributed by atoms with van der Waals surface area (Å²) in [4.78, 5) is 19.1. The van der Waals surface area contributed by atoms with Crippen molar-refractivity contribution in [2.24, 2.45) is 5.92 Å². The molecule has 3 aliphatic rings. The van der Waals surface area contributed by atoms with E-state index in [4.69, 9.17) is 14.2 Å². The van der Waals surface area contributed by atoms with E-state index in [1.54, 1.807) is 0 Å². The molecule has 2 aromatic heterocycles. The van der Waals surface area contributed by atoms with Crippen LogP contribution in [0.15, 0.2) is 53.3 Å². The first-order valence-electron chi connectivity index (χ1n) is 13.8. The molecule has 0 spiro atoms. The molecule has 3 aliphatic heterocycles. The van der Waals surface area contributed by atoms with E-state index in [0.717, 1.165) is 57.2 Å².